The van der Waals surface area contributed by atoms with E-state index in [0.29, 0.717) is 25.4 Å². The molecule has 2 aromatic rings. The first kappa shape index (κ1) is 19.5. The highest BCUT2D eigenvalue weighted by Crippen LogP contribution is 2.26. The third kappa shape index (κ3) is 5.12. The lowest BCUT2D eigenvalue weighted by molar-refractivity contribution is -0.121. The van der Waals surface area contributed by atoms with E-state index in [1.54, 1.807) is 0 Å². The standard InChI is InChI=1S/C22H31N3O2/c1-16-21(17(2)27-24-16)13-14-22(26)23-15-18-9-11-20(12-10-18)25(3)19-7-5-4-6-8-19/h9-12,19H,4-8,13-15H2,1-3H3,(H,23,26). The van der Waals surface area contributed by atoms with Crippen molar-refractivity contribution < 1.29 is 9.32 Å². The summed E-state index contributed by atoms with van der Waals surface area (Å²) in [4.78, 5) is 14.6. The summed E-state index contributed by atoms with van der Waals surface area (Å²) in [6.07, 6.45) is 7.75. The Labute approximate surface area is 162 Å². The van der Waals surface area contributed by atoms with Crippen molar-refractivity contribution in [3.63, 3.8) is 0 Å². The fourth-order valence-electron chi connectivity index (χ4n) is 3.91. The number of nitrogens with one attached hydrogen (secondary N) is 1. The van der Waals surface area contributed by atoms with Crippen LogP contribution in [0, 0.1) is 13.8 Å². The van der Waals surface area contributed by atoms with Crippen LogP contribution >= 0.6 is 0 Å². The second-order valence-electron chi connectivity index (χ2n) is 7.65. The summed E-state index contributed by atoms with van der Waals surface area (Å²) in [7, 11) is 2.20. The van der Waals surface area contributed by atoms with Crippen molar-refractivity contribution >= 4 is 11.6 Å². The summed E-state index contributed by atoms with van der Waals surface area (Å²) >= 11 is 0. The molecule has 0 saturated heterocycles. The molecule has 0 bridgehead atoms. The minimum atomic E-state index is 0.0541. The van der Waals surface area contributed by atoms with Crippen LogP contribution in [0.1, 0.15) is 61.1 Å². The van der Waals surface area contributed by atoms with Crippen molar-refractivity contribution in [3.05, 3.63) is 46.8 Å². The smallest absolute Gasteiger partial charge is 0.220 e. The van der Waals surface area contributed by atoms with Crippen molar-refractivity contribution in [2.75, 3.05) is 11.9 Å². The molecule has 3 rings (SSSR count). The lowest BCUT2D eigenvalue weighted by Gasteiger charge is -2.33. The van der Waals surface area contributed by atoms with Gasteiger partial charge in [0, 0.05) is 37.3 Å². The van der Waals surface area contributed by atoms with E-state index in [-0.39, 0.29) is 5.91 Å². The number of benzene rings is 1. The molecule has 0 atom stereocenters. The highest BCUT2D eigenvalue weighted by atomic mass is 16.5. The Kier molecular flexibility index (Phi) is 6.54. The van der Waals surface area contributed by atoms with Gasteiger partial charge in [0.1, 0.15) is 5.76 Å². The van der Waals surface area contributed by atoms with Gasteiger partial charge in [-0.25, -0.2) is 0 Å². The van der Waals surface area contributed by atoms with Crippen LogP contribution in [0.5, 0.6) is 0 Å². The number of aromatic nitrogens is 1. The Balaban J connectivity index is 1.46. The fraction of sp³-hybridized carbons (Fsp3) is 0.545. The second-order valence-corrected chi connectivity index (χ2v) is 7.65. The molecule has 1 N–H and O–H groups in total. The van der Waals surface area contributed by atoms with Crippen LogP contribution in [-0.2, 0) is 17.8 Å². The van der Waals surface area contributed by atoms with Crippen LogP contribution in [0.2, 0.25) is 0 Å². The predicted molar refractivity (Wildman–Crippen MR) is 108 cm³/mol. The molecule has 0 unspecified atom stereocenters. The van der Waals surface area contributed by atoms with E-state index in [4.69, 9.17) is 4.52 Å². The largest absolute Gasteiger partial charge is 0.372 e. The maximum atomic E-state index is 12.1. The van der Waals surface area contributed by atoms with Crippen molar-refractivity contribution in [2.24, 2.45) is 0 Å². The molecule has 27 heavy (non-hydrogen) atoms. The third-order valence-electron chi connectivity index (χ3n) is 5.74. The molecule has 1 aliphatic carbocycles. The first-order valence-corrected chi connectivity index (χ1v) is 10.0. The molecule has 1 aromatic heterocycles. The quantitative estimate of drug-likeness (QED) is 0.790. The van der Waals surface area contributed by atoms with Gasteiger partial charge in [0.2, 0.25) is 5.91 Å². The molecule has 1 aliphatic rings. The number of rotatable bonds is 7. The number of amides is 1. The lowest BCUT2D eigenvalue weighted by Crippen LogP contribution is -2.33. The molecule has 1 fully saturated rings. The average Bonchev–Trinajstić information content (AvgIpc) is 3.03. The van der Waals surface area contributed by atoms with Gasteiger partial charge >= 0.3 is 0 Å². The Morgan fingerprint density at radius 3 is 2.52 bits per heavy atom. The van der Waals surface area contributed by atoms with Crippen LogP contribution in [0.3, 0.4) is 0 Å². The van der Waals surface area contributed by atoms with Gasteiger partial charge in [-0.05, 0) is 50.8 Å². The van der Waals surface area contributed by atoms with Gasteiger partial charge in [-0.2, -0.15) is 0 Å². The minimum absolute atomic E-state index is 0.0541. The maximum Gasteiger partial charge on any atom is 0.220 e. The number of carbonyl (C=O) groups is 1. The van der Waals surface area contributed by atoms with Crippen molar-refractivity contribution in [3.8, 4) is 0 Å². The second kappa shape index (κ2) is 9.07. The van der Waals surface area contributed by atoms with Gasteiger partial charge in [-0.1, -0.05) is 36.6 Å². The molecule has 146 valence electrons. The number of nitrogens with zero attached hydrogens (tertiary/aromatic N) is 2. The van der Waals surface area contributed by atoms with Crippen molar-refractivity contribution in [2.45, 2.75) is 71.4 Å². The molecule has 1 saturated carbocycles. The molecule has 1 heterocycles. The third-order valence-corrected chi connectivity index (χ3v) is 5.74. The van der Waals surface area contributed by atoms with E-state index in [2.05, 4.69) is 46.7 Å². The molecule has 1 amide bonds. The van der Waals surface area contributed by atoms with Crippen molar-refractivity contribution in [1.29, 1.82) is 0 Å². The summed E-state index contributed by atoms with van der Waals surface area (Å²) in [5, 5.41) is 6.94. The molecule has 0 radical (unpaired) electrons. The van der Waals surface area contributed by atoms with E-state index in [1.165, 1.54) is 37.8 Å². The number of carbonyl (C=O) groups excluding carboxylic acids is 1. The molecule has 1 aromatic carbocycles. The Bertz CT molecular complexity index is 726. The summed E-state index contributed by atoms with van der Waals surface area (Å²) in [6.45, 7) is 4.36. The van der Waals surface area contributed by atoms with Gasteiger partial charge in [0.15, 0.2) is 0 Å². The first-order chi connectivity index (χ1) is 13.0. The van der Waals surface area contributed by atoms with Crippen LogP contribution in [0.4, 0.5) is 5.69 Å². The lowest BCUT2D eigenvalue weighted by atomic mass is 9.94. The summed E-state index contributed by atoms with van der Waals surface area (Å²) in [5.74, 6) is 0.858. The zero-order chi connectivity index (χ0) is 19.2. The van der Waals surface area contributed by atoms with Gasteiger partial charge < -0.3 is 14.7 Å². The highest BCUT2D eigenvalue weighted by Gasteiger charge is 2.18. The zero-order valence-electron chi connectivity index (χ0n) is 16.8. The number of hydrogen-bond acceptors (Lipinski definition) is 4. The van der Waals surface area contributed by atoms with E-state index < -0.39 is 0 Å². The highest BCUT2D eigenvalue weighted by molar-refractivity contribution is 5.76. The summed E-state index contributed by atoms with van der Waals surface area (Å²) < 4.78 is 5.15. The van der Waals surface area contributed by atoms with Crippen LogP contribution < -0.4 is 10.2 Å². The minimum Gasteiger partial charge on any atom is -0.372 e. The molecular formula is C22H31N3O2. The predicted octanol–water partition coefficient (Wildman–Crippen LogP) is 4.31. The van der Waals surface area contributed by atoms with Crippen LogP contribution in [-0.4, -0.2) is 24.2 Å². The molecule has 0 spiro atoms. The number of aryl methyl sites for hydroxylation is 2. The van der Waals surface area contributed by atoms with Crippen LogP contribution in [0.15, 0.2) is 28.8 Å². The Hall–Kier alpha value is -2.30. The first-order valence-electron chi connectivity index (χ1n) is 10.0. The van der Waals surface area contributed by atoms with Gasteiger partial charge in [0.05, 0.1) is 5.69 Å². The van der Waals surface area contributed by atoms with Gasteiger partial charge in [0.25, 0.3) is 0 Å². The van der Waals surface area contributed by atoms with Crippen LogP contribution in [0.25, 0.3) is 0 Å². The summed E-state index contributed by atoms with van der Waals surface area (Å²) in [6, 6.07) is 9.22. The van der Waals surface area contributed by atoms with E-state index in [1.807, 2.05) is 13.8 Å². The molecule has 5 nitrogen and oxygen atoms in total. The summed E-state index contributed by atoms with van der Waals surface area (Å²) in [5.41, 5.74) is 4.30. The molecule has 0 aliphatic heterocycles. The maximum absolute atomic E-state index is 12.1. The fourth-order valence-corrected chi connectivity index (χ4v) is 3.91. The zero-order valence-corrected chi connectivity index (χ0v) is 16.8. The SMILES string of the molecule is Cc1noc(C)c1CCC(=O)NCc1ccc(N(C)C2CCCCC2)cc1. The number of anilines is 1. The van der Waals surface area contributed by atoms with E-state index in [0.717, 1.165) is 22.6 Å². The van der Waals surface area contributed by atoms with Gasteiger partial charge in [-0.3, -0.25) is 4.79 Å². The Morgan fingerprint density at radius 1 is 1.19 bits per heavy atom. The average molecular weight is 370 g/mol. The van der Waals surface area contributed by atoms with Gasteiger partial charge in [-0.15, -0.1) is 0 Å². The number of hydrogen-bond donors (Lipinski definition) is 1. The molecular weight excluding hydrogens is 338 g/mol. The normalized spacial score (nSPS) is 14.9. The molecule has 5 heteroatoms. The van der Waals surface area contributed by atoms with Crippen molar-refractivity contribution in [1.82, 2.24) is 10.5 Å². The topological polar surface area (TPSA) is 58.4 Å². The van der Waals surface area contributed by atoms with E-state index in [9.17, 15) is 4.79 Å². The monoisotopic (exact) mass is 369 g/mol. The Morgan fingerprint density at radius 2 is 1.89 bits per heavy atom. The van der Waals surface area contributed by atoms with E-state index >= 15 is 0 Å².